The van der Waals surface area contributed by atoms with Gasteiger partial charge in [0, 0.05) is 1.43 Å². The van der Waals surface area contributed by atoms with E-state index < -0.39 is 0 Å². The van der Waals surface area contributed by atoms with E-state index in [1.54, 1.807) is 0 Å². The normalized spacial score (nSPS) is 6.00. The Kier molecular flexibility index (Phi) is 31.2. The minimum absolute atomic E-state index is 0. The molecule has 0 N–H and O–H groups in total. The molecule has 0 unspecified atom stereocenters. The van der Waals surface area contributed by atoms with Crippen LogP contribution >= 0.6 is 0 Å². The van der Waals surface area contributed by atoms with Crippen molar-refractivity contribution in [2.24, 2.45) is 0 Å². The van der Waals surface area contributed by atoms with Gasteiger partial charge in [-0.15, -0.1) is 0 Å². The van der Waals surface area contributed by atoms with Crippen LogP contribution in [-0.2, 0) is 0 Å². The third kappa shape index (κ3) is 36.0. The average molecular weight is 90.2 g/mol. The zero-order valence-corrected chi connectivity index (χ0v) is 5.41. The lowest BCUT2D eigenvalue weighted by molar-refractivity contribution is 0.886. The van der Waals surface area contributed by atoms with Gasteiger partial charge in [-0.25, -0.2) is 0 Å². The molecule has 0 amide bonds. The fraction of sp³-hybridized carbons (Fsp3) is 1.00. The van der Waals surface area contributed by atoms with Gasteiger partial charge in [0.15, 0.2) is 0 Å². The maximum absolute atomic E-state index is 2.18. The van der Waals surface area contributed by atoms with E-state index in [-0.39, 0.29) is 1.43 Å². The van der Waals surface area contributed by atoms with Crippen LogP contribution in [0.4, 0.5) is 0 Å². The molecule has 0 aliphatic rings. The first-order valence-corrected chi connectivity index (χ1v) is 2.91. The Morgan fingerprint density at radius 1 is 1.00 bits per heavy atom. The molecule has 0 atom stereocenters. The fourth-order valence-corrected chi connectivity index (χ4v) is 0. The first-order valence-electron chi connectivity index (χ1n) is 2.91. The minimum atomic E-state index is 0. The monoisotopic (exact) mass is 90.1 g/mol. The fourth-order valence-electron chi connectivity index (χ4n) is 0. The van der Waals surface area contributed by atoms with Crippen LogP contribution in [0.2, 0.25) is 0 Å². The number of hydrogen-bond donors (Lipinski definition) is 0. The van der Waals surface area contributed by atoms with E-state index in [0.717, 1.165) is 0 Å². The quantitative estimate of drug-likeness (QED) is 0.464. The maximum atomic E-state index is 2.18. The SMILES string of the molecule is CC.CCCC.[HH]. The van der Waals surface area contributed by atoms with Gasteiger partial charge in [-0.1, -0.05) is 40.5 Å². The predicted molar refractivity (Wildman–Crippen MR) is 34.0 cm³/mol. The van der Waals surface area contributed by atoms with Crippen LogP contribution in [0, 0.1) is 0 Å². The van der Waals surface area contributed by atoms with Crippen molar-refractivity contribution in [3.8, 4) is 0 Å². The molecule has 0 bridgehead atoms. The van der Waals surface area contributed by atoms with Gasteiger partial charge in [0.2, 0.25) is 0 Å². The van der Waals surface area contributed by atoms with E-state index in [1.807, 2.05) is 13.8 Å². The van der Waals surface area contributed by atoms with Gasteiger partial charge in [0.25, 0.3) is 0 Å². The Hall–Kier alpha value is 0. The summed E-state index contributed by atoms with van der Waals surface area (Å²) in [6, 6.07) is 0. The molecule has 0 aromatic carbocycles. The molecule has 42 valence electrons. The standard InChI is InChI=1S/C4H10.C2H6.H2/c1-3-4-2;1-2;/h3-4H2,1-2H3;1-2H3;1H. The molecule has 0 aliphatic carbocycles. The summed E-state index contributed by atoms with van der Waals surface area (Å²) in [6.07, 6.45) is 2.64. The molecule has 6 heavy (non-hydrogen) atoms. The average Bonchev–Trinajstić information content (AvgIpc) is 1.72. The summed E-state index contributed by atoms with van der Waals surface area (Å²) in [5.41, 5.74) is 0. The summed E-state index contributed by atoms with van der Waals surface area (Å²) in [7, 11) is 0. The van der Waals surface area contributed by atoms with E-state index in [4.69, 9.17) is 0 Å². The van der Waals surface area contributed by atoms with E-state index in [1.165, 1.54) is 12.8 Å². The van der Waals surface area contributed by atoms with Crippen molar-refractivity contribution in [2.45, 2.75) is 40.5 Å². The molecule has 0 heterocycles. The second kappa shape index (κ2) is 20.0. The molecule has 0 aromatic rings. The van der Waals surface area contributed by atoms with Crippen molar-refractivity contribution in [1.29, 1.82) is 0 Å². The van der Waals surface area contributed by atoms with Crippen LogP contribution in [-0.4, -0.2) is 0 Å². The molecule has 0 spiro atoms. The molecule has 0 aliphatic heterocycles. The Morgan fingerprint density at radius 3 is 1.17 bits per heavy atom. The topological polar surface area (TPSA) is 0 Å². The summed E-state index contributed by atoms with van der Waals surface area (Å²) in [5.74, 6) is 0. The second-order valence-corrected chi connectivity index (χ2v) is 1.000. The lowest BCUT2D eigenvalue weighted by Crippen LogP contribution is -1.47. The van der Waals surface area contributed by atoms with Gasteiger partial charge in [0.1, 0.15) is 0 Å². The van der Waals surface area contributed by atoms with E-state index in [0.29, 0.717) is 0 Å². The van der Waals surface area contributed by atoms with E-state index in [9.17, 15) is 0 Å². The Morgan fingerprint density at radius 2 is 1.17 bits per heavy atom. The number of hydrogen-bond acceptors (Lipinski definition) is 0. The minimum Gasteiger partial charge on any atom is -0.0683 e. The van der Waals surface area contributed by atoms with Gasteiger partial charge in [-0.3, -0.25) is 0 Å². The second-order valence-electron chi connectivity index (χ2n) is 1.000. The number of unbranched alkanes of at least 4 members (excludes halogenated alkanes) is 1. The first-order chi connectivity index (χ1) is 2.91. The lowest BCUT2D eigenvalue weighted by Gasteiger charge is -1.68. The highest BCUT2D eigenvalue weighted by Gasteiger charge is 1.56. The summed E-state index contributed by atoms with van der Waals surface area (Å²) < 4.78 is 0. The summed E-state index contributed by atoms with van der Waals surface area (Å²) >= 11 is 0. The molecular weight excluding hydrogens is 72.1 g/mol. The zero-order valence-electron chi connectivity index (χ0n) is 5.41. The third-order valence-electron chi connectivity index (χ3n) is 0.500. The molecule has 0 saturated carbocycles. The van der Waals surface area contributed by atoms with Crippen LogP contribution < -0.4 is 0 Å². The molecule has 0 fully saturated rings. The highest BCUT2D eigenvalue weighted by molar-refractivity contribution is 4.12. The first kappa shape index (κ1) is 9.38. The Bertz CT molecular complexity index is 6.14. The predicted octanol–water partition coefficient (Wildman–Crippen LogP) is 3.08. The zero-order chi connectivity index (χ0) is 5.41. The van der Waals surface area contributed by atoms with Crippen LogP contribution in [0.5, 0.6) is 0 Å². The molecular formula is C6H18. The largest absolute Gasteiger partial charge is 0.0683 e. The Balaban J connectivity index is -0.0000000480. The smallest absolute Gasteiger partial charge is 0 e. The van der Waals surface area contributed by atoms with Crippen LogP contribution in [0.15, 0.2) is 0 Å². The van der Waals surface area contributed by atoms with Crippen molar-refractivity contribution in [3.05, 3.63) is 0 Å². The summed E-state index contributed by atoms with van der Waals surface area (Å²) in [4.78, 5) is 0. The third-order valence-corrected chi connectivity index (χ3v) is 0.500. The molecule has 0 rings (SSSR count). The van der Waals surface area contributed by atoms with E-state index >= 15 is 0 Å². The Labute approximate surface area is 43.1 Å². The summed E-state index contributed by atoms with van der Waals surface area (Å²) in [5, 5.41) is 0. The lowest BCUT2D eigenvalue weighted by atomic mass is 10.4. The number of rotatable bonds is 1. The molecule has 0 radical (unpaired) electrons. The molecule has 0 nitrogen and oxygen atoms in total. The van der Waals surface area contributed by atoms with Crippen molar-refractivity contribution in [2.75, 3.05) is 0 Å². The van der Waals surface area contributed by atoms with Crippen LogP contribution in [0.25, 0.3) is 0 Å². The van der Waals surface area contributed by atoms with Crippen molar-refractivity contribution in [3.63, 3.8) is 0 Å². The maximum Gasteiger partial charge on any atom is 0 e. The van der Waals surface area contributed by atoms with Crippen molar-refractivity contribution >= 4 is 0 Å². The van der Waals surface area contributed by atoms with Crippen molar-refractivity contribution < 1.29 is 1.43 Å². The van der Waals surface area contributed by atoms with Crippen LogP contribution in [0.1, 0.15) is 42.0 Å². The van der Waals surface area contributed by atoms with Gasteiger partial charge < -0.3 is 0 Å². The van der Waals surface area contributed by atoms with Gasteiger partial charge >= 0.3 is 0 Å². The molecule has 0 saturated heterocycles. The van der Waals surface area contributed by atoms with Crippen LogP contribution in [0.3, 0.4) is 0 Å². The van der Waals surface area contributed by atoms with E-state index in [2.05, 4.69) is 13.8 Å². The highest BCUT2D eigenvalue weighted by atomic mass is 13.6. The summed E-state index contributed by atoms with van der Waals surface area (Å²) in [6.45, 7) is 8.36. The van der Waals surface area contributed by atoms with Gasteiger partial charge in [-0.2, -0.15) is 0 Å². The van der Waals surface area contributed by atoms with Crippen molar-refractivity contribution in [1.82, 2.24) is 0 Å². The molecule has 0 aromatic heterocycles. The van der Waals surface area contributed by atoms with Gasteiger partial charge in [-0.05, 0) is 0 Å². The highest BCUT2D eigenvalue weighted by Crippen LogP contribution is 1.76. The molecule has 0 heteroatoms. The van der Waals surface area contributed by atoms with Gasteiger partial charge in [0.05, 0.1) is 0 Å².